The number of rotatable bonds is 10. The Kier molecular flexibility index (Phi) is 14.3. The van der Waals surface area contributed by atoms with Gasteiger partial charge in [0.2, 0.25) is 0 Å². The van der Waals surface area contributed by atoms with Crippen molar-refractivity contribution < 1.29 is 5.11 Å². The third-order valence-electron chi connectivity index (χ3n) is 3.55. The number of nitrogens with two attached hydrogens (primary N) is 1. The molecule has 0 fully saturated rings. The number of halogens is 2. The fourth-order valence-corrected chi connectivity index (χ4v) is 2.15. The highest BCUT2D eigenvalue weighted by atomic mass is 35.5. The Labute approximate surface area is 146 Å². The van der Waals surface area contributed by atoms with Crippen molar-refractivity contribution in [3.8, 4) is 0 Å². The summed E-state index contributed by atoms with van der Waals surface area (Å²) in [7, 11) is 0. The van der Waals surface area contributed by atoms with E-state index >= 15 is 0 Å². The van der Waals surface area contributed by atoms with Crippen molar-refractivity contribution in [1.82, 2.24) is 15.1 Å². The van der Waals surface area contributed by atoms with Crippen LogP contribution in [0.2, 0.25) is 0 Å². The molecule has 4 N–H and O–H groups in total. The van der Waals surface area contributed by atoms with Gasteiger partial charge >= 0.3 is 0 Å². The smallest absolute Gasteiger partial charge is 0.0833 e. The molecule has 5 nitrogen and oxygen atoms in total. The molecule has 0 saturated heterocycles. The fourth-order valence-electron chi connectivity index (χ4n) is 2.15. The van der Waals surface area contributed by atoms with Gasteiger partial charge in [0, 0.05) is 25.0 Å². The van der Waals surface area contributed by atoms with E-state index in [0.29, 0.717) is 19.1 Å². The van der Waals surface area contributed by atoms with Gasteiger partial charge in [-0.3, -0.25) is 4.68 Å². The van der Waals surface area contributed by atoms with Gasteiger partial charge in [0.1, 0.15) is 0 Å². The van der Waals surface area contributed by atoms with Crippen molar-refractivity contribution in [2.24, 2.45) is 11.7 Å². The molecule has 132 valence electrons. The number of aliphatic hydroxyl groups excluding tert-OH is 1. The predicted molar refractivity (Wildman–Crippen MR) is 96.9 cm³/mol. The SMILES string of the molecule is CC(C)CCCC(C)NC[C@@H](O)[C@@H](N)Cn1cccn1.Cl.Cl. The number of aliphatic hydroxyl groups is 1. The Hall–Kier alpha value is -0.330. The first-order valence-electron chi connectivity index (χ1n) is 7.63. The highest BCUT2D eigenvalue weighted by Gasteiger charge is 2.16. The normalized spacial score (nSPS) is 14.8. The predicted octanol–water partition coefficient (Wildman–Crippen LogP) is 2.22. The zero-order valence-electron chi connectivity index (χ0n) is 13.8. The maximum absolute atomic E-state index is 10.1. The Morgan fingerprint density at radius 1 is 1.23 bits per heavy atom. The van der Waals surface area contributed by atoms with Crippen LogP contribution in [0.4, 0.5) is 0 Å². The second-order valence-electron chi connectivity index (χ2n) is 6.09. The third-order valence-corrected chi connectivity index (χ3v) is 3.55. The van der Waals surface area contributed by atoms with Crippen molar-refractivity contribution in [2.75, 3.05) is 6.54 Å². The van der Waals surface area contributed by atoms with Crippen LogP contribution in [0.25, 0.3) is 0 Å². The summed E-state index contributed by atoms with van der Waals surface area (Å²) in [6.07, 6.45) is 6.64. The van der Waals surface area contributed by atoms with Gasteiger partial charge in [-0.15, -0.1) is 24.8 Å². The molecule has 22 heavy (non-hydrogen) atoms. The van der Waals surface area contributed by atoms with Crippen LogP contribution >= 0.6 is 24.8 Å². The van der Waals surface area contributed by atoms with Gasteiger partial charge in [-0.05, 0) is 25.3 Å². The van der Waals surface area contributed by atoms with Crippen LogP contribution in [0.15, 0.2) is 18.5 Å². The lowest BCUT2D eigenvalue weighted by atomic mass is 10.0. The Balaban J connectivity index is 0. The molecule has 0 bridgehead atoms. The van der Waals surface area contributed by atoms with Crippen molar-refractivity contribution in [2.45, 2.75) is 64.8 Å². The lowest BCUT2D eigenvalue weighted by Crippen LogP contribution is -2.46. The number of nitrogens with zero attached hydrogens (tertiary/aromatic N) is 2. The largest absolute Gasteiger partial charge is 0.390 e. The number of aromatic nitrogens is 2. The van der Waals surface area contributed by atoms with Crippen LogP contribution in [0.5, 0.6) is 0 Å². The minimum atomic E-state index is -0.549. The minimum absolute atomic E-state index is 0. The Morgan fingerprint density at radius 3 is 2.45 bits per heavy atom. The summed E-state index contributed by atoms with van der Waals surface area (Å²) in [5, 5.41) is 17.5. The minimum Gasteiger partial charge on any atom is -0.390 e. The van der Waals surface area contributed by atoms with E-state index in [2.05, 4.69) is 31.2 Å². The summed E-state index contributed by atoms with van der Waals surface area (Å²) >= 11 is 0. The maximum Gasteiger partial charge on any atom is 0.0833 e. The van der Waals surface area contributed by atoms with Gasteiger partial charge in [0.05, 0.1) is 18.7 Å². The molecule has 0 radical (unpaired) electrons. The molecule has 0 saturated carbocycles. The molecule has 0 aliphatic heterocycles. The summed E-state index contributed by atoms with van der Waals surface area (Å²) in [5.41, 5.74) is 5.98. The molecular weight excluding hydrogens is 323 g/mol. The van der Waals surface area contributed by atoms with Gasteiger partial charge < -0.3 is 16.2 Å². The second-order valence-corrected chi connectivity index (χ2v) is 6.09. The van der Waals surface area contributed by atoms with E-state index in [1.54, 1.807) is 10.9 Å². The molecule has 1 heterocycles. The number of hydrogen-bond acceptors (Lipinski definition) is 4. The number of hydrogen-bond donors (Lipinski definition) is 3. The molecule has 1 aromatic rings. The van der Waals surface area contributed by atoms with Crippen molar-refractivity contribution in [3.63, 3.8) is 0 Å². The van der Waals surface area contributed by atoms with Crippen LogP contribution in [0.3, 0.4) is 0 Å². The van der Waals surface area contributed by atoms with Gasteiger partial charge in [-0.1, -0.05) is 26.7 Å². The molecule has 0 aromatic carbocycles. The van der Waals surface area contributed by atoms with E-state index in [1.807, 2.05) is 12.3 Å². The van der Waals surface area contributed by atoms with Crippen LogP contribution in [-0.4, -0.2) is 39.6 Å². The molecule has 7 heteroatoms. The molecule has 1 rings (SSSR count). The first-order valence-corrected chi connectivity index (χ1v) is 7.63. The molecule has 0 spiro atoms. The second kappa shape index (κ2) is 13.1. The van der Waals surface area contributed by atoms with Crippen LogP contribution < -0.4 is 11.1 Å². The molecule has 1 unspecified atom stereocenters. The molecule has 3 atom stereocenters. The van der Waals surface area contributed by atoms with Gasteiger partial charge in [-0.2, -0.15) is 5.10 Å². The van der Waals surface area contributed by atoms with E-state index in [4.69, 9.17) is 5.73 Å². The molecular formula is C15H32Cl2N4O. The Bertz CT molecular complexity index is 349. The van der Waals surface area contributed by atoms with Crippen LogP contribution in [0.1, 0.15) is 40.0 Å². The lowest BCUT2D eigenvalue weighted by molar-refractivity contribution is 0.129. The summed E-state index contributed by atoms with van der Waals surface area (Å²) in [6, 6.07) is 1.97. The van der Waals surface area contributed by atoms with Gasteiger partial charge in [0.25, 0.3) is 0 Å². The lowest BCUT2D eigenvalue weighted by Gasteiger charge is -2.22. The highest BCUT2D eigenvalue weighted by molar-refractivity contribution is 5.85. The first kappa shape index (κ1) is 23.9. The van der Waals surface area contributed by atoms with Crippen LogP contribution in [-0.2, 0) is 6.54 Å². The van der Waals surface area contributed by atoms with Crippen molar-refractivity contribution in [3.05, 3.63) is 18.5 Å². The van der Waals surface area contributed by atoms with Crippen molar-refractivity contribution in [1.29, 1.82) is 0 Å². The van der Waals surface area contributed by atoms with E-state index in [9.17, 15) is 5.11 Å². The molecule has 1 aromatic heterocycles. The molecule has 0 aliphatic rings. The van der Waals surface area contributed by atoms with E-state index in [-0.39, 0.29) is 30.9 Å². The van der Waals surface area contributed by atoms with Gasteiger partial charge in [-0.25, -0.2) is 0 Å². The van der Waals surface area contributed by atoms with E-state index in [1.165, 1.54) is 12.8 Å². The zero-order chi connectivity index (χ0) is 15.0. The zero-order valence-corrected chi connectivity index (χ0v) is 15.4. The first-order chi connectivity index (χ1) is 9.49. The van der Waals surface area contributed by atoms with Crippen molar-refractivity contribution >= 4 is 24.8 Å². The highest BCUT2D eigenvalue weighted by Crippen LogP contribution is 2.08. The topological polar surface area (TPSA) is 76.1 Å². The van der Waals surface area contributed by atoms with E-state index < -0.39 is 6.10 Å². The summed E-state index contributed by atoms with van der Waals surface area (Å²) in [5.74, 6) is 0.760. The standard InChI is InChI=1S/C15H30N4O.2ClH/c1-12(2)6-4-7-13(3)17-10-15(20)14(16)11-19-9-5-8-18-19;;/h5,8-9,12-15,17,20H,4,6-7,10-11,16H2,1-3H3;2*1H/t13?,14-,15+;;/m0../s1. The average Bonchev–Trinajstić information content (AvgIpc) is 2.88. The van der Waals surface area contributed by atoms with Crippen LogP contribution in [0, 0.1) is 5.92 Å². The fraction of sp³-hybridized carbons (Fsp3) is 0.800. The van der Waals surface area contributed by atoms with Gasteiger partial charge in [0.15, 0.2) is 0 Å². The number of nitrogens with one attached hydrogen (secondary N) is 1. The summed E-state index contributed by atoms with van der Waals surface area (Å²) in [6.45, 7) is 7.72. The summed E-state index contributed by atoms with van der Waals surface area (Å²) < 4.78 is 1.75. The monoisotopic (exact) mass is 354 g/mol. The molecule has 0 amide bonds. The third kappa shape index (κ3) is 10.4. The maximum atomic E-state index is 10.1. The molecule has 0 aliphatic carbocycles. The Morgan fingerprint density at radius 2 is 1.91 bits per heavy atom. The average molecular weight is 355 g/mol. The van der Waals surface area contributed by atoms with E-state index in [0.717, 1.165) is 12.3 Å². The quantitative estimate of drug-likeness (QED) is 0.602. The summed E-state index contributed by atoms with van der Waals surface area (Å²) in [4.78, 5) is 0.